The molecule has 11 aromatic carbocycles. The molecule has 0 fully saturated rings. The van der Waals surface area contributed by atoms with Gasteiger partial charge in [-0.1, -0.05) is 176 Å². The summed E-state index contributed by atoms with van der Waals surface area (Å²) in [5, 5.41) is 15.4. The predicted octanol–water partition coefficient (Wildman–Crippen LogP) is 16.5. The first-order valence-electron chi connectivity index (χ1n) is 20.4. The molecule has 0 unspecified atom stereocenters. The minimum atomic E-state index is 1.25. The molecule has 0 aliphatic rings. The van der Waals surface area contributed by atoms with Gasteiger partial charge in [0.1, 0.15) is 0 Å². The monoisotopic (exact) mass is 738 g/mol. The van der Waals surface area contributed by atoms with Crippen LogP contribution in [0, 0.1) is 27.7 Å². The van der Waals surface area contributed by atoms with Crippen LogP contribution >= 0.6 is 0 Å². The SMILES string of the molecule is Cc1cc(-c2ccc3ccccc3c2)c2cccc(C)c2c1-c1c2ccccc2c(-c2c(C)cc(-c3cccc4ccccc34)c3cccc(C)c23)c2ccccc12. The van der Waals surface area contributed by atoms with E-state index in [4.69, 9.17) is 0 Å². The summed E-state index contributed by atoms with van der Waals surface area (Å²) in [6.45, 7) is 9.20. The highest BCUT2D eigenvalue weighted by Crippen LogP contribution is 2.51. The molecule has 0 radical (unpaired) electrons. The van der Waals surface area contributed by atoms with E-state index in [0.717, 1.165) is 0 Å². The Kier molecular flexibility index (Phi) is 7.85. The Morgan fingerprint density at radius 2 is 0.672 bits per heavy atom. The van der Waals surface area contributed by atoms with Crippen molar-refractivity contribution in [1.29, 1.82) is 0 Å². The van der Waals surface area contributed by atoms with Gasteiger partial charge in [-0.2, -0.15) is 0 Å². The van der Waals surface area contributed by atoms with Crippen LogP contribution in [0.4, 0.5) is 0 Å². The van der Waals surface area contributed by atoms with E-state index in [1.165, 1.54) is 131 Å². The van der Waals surface area contributed by atoms with E-state index < -0.39 is 0 Å². The Labute approximate surface area is 339 Å². The molecule has 0 aliphatic carbocycles. The van der Waals surface area contributed by atoms with Crippen molar-refractivity contribution in [3.8, 4) is 44.5 Å². The first-order chi connectivity index (χ1) is 28.5. The average Bonchev–Trinajstić information content (AvgIpc) is 3.26. The molecule has 0 nitrogen and oxygen atoms in total. The Morgan fingerprint density at radius 3 is 1.26 bits per heavy atom. The Morgan fingerprint density at radius 1 is 0.241 bits per heavy atom. The van der Waals surface area contributed by atoms with E-state index in [0.29, 0.717) is 0 Å². The fourth-order valence-corrected chi connectivity index (χ4v) is 10.2. The fraction of sp³-hybridized carbons (Fsp3) is 0.0690. The van der Waals surface area contributed by atoms with Crippen molar-refractivity contribution in [2.45, 2.75) is 27.7 Å². The number of rotatable bonds is 4. The van der Waals surface area contributed by atoms with E-state index in [1.807, 2.05) is 0 Å². The zero-order chi connectivity index (χ0) is 39.1. The molecule has 0 bridgehead atoms. The third-order valence-electron chi connectivity index (χ3n) is 12.7. The average molecular weight is 739 g/mol. The fourth-order valence-electron chi connectivity index (χ4n) is 10.2. The molecule has 11 aromatic rings. The van der Waals surface area contributed by atoms with Crippen LogP contribution in [0.2, 0.25) is 0 Å². The van der Waals surface area contributed by atoms with Gasteiger partial charge in [0, 0.05) is 0 Å². The first-order valence-corrected chi connectivity index (χ1v) is 20.4. The standard InChI is InChI=1S/C58H42/c1-35-16-13-28-49-51(42-31-30-39-18-5-6-20-41(39)34-42)32-37(3)55(53(35)49)57-45-23-9-11-25-47(45)58(48-26-12-10-24-46(48)57)56-38(4)33-52(50-29-14-17-36(2)54(50)56)44-27-15-21-40-19-7-8-22-43(40)44/h5-34H,1-4H3. The Hall–Kier alpha value is -7.02. The lowest BCUT2D eigenvalue weighted by molar-refractivity contribution is 1.46. The van der Waals surface area contributed by atoms with Gasteiger partial charge in [-0.25, -0.2) is 0 Å². The van der Waals surface area contributed by atoms with Crippen LogP contribution in [-0.4, -0.2) is 0 Å². The van der Waals surface area contributed by atoms with Crippen molar-refractivity contribution in [3.05, 3.63) is 204 Å². The normalized spacial score (nSPS) is 11.8. The molecule has 11 rings (SSSR count). The second-order valence-corrected chi connectivity index (χ2v) is 16.2. The van der Waals surface area contributed by atoms with Gasteiger partial charge in [0.15, 0.2) is 0 Å². The van der Waals surface area contributed by atoms with Gasteiger partial charge < -0.3 is 0 Å². The van der Waals surface area contributed by atoms with Gasteiger partial charge in [-0.05, 0) is 165 Å². The molecule has 0 amide bonds. The summed E-state index contributed by atoms with van der Waals surface area (Å²) < 4.78 is 0. The maximum Gasteiger partial charge on any atom is -0.00174 e. The molecule has 0 aliphatic heterocycles. The van der Waals surface area contributed by atoms with E-state index in [1.54, 1.807) is 0 Å². The molecule has 0 aromatic heterocycles. The summed E-state index contributed by atoms with van der Waals surface area (Å²) >= 11 is 0. The smallest absolute Gasteiger partial charge is 0.00174 e. The number of aryl methyl sites for hydroxylation is 4. The molecule has 0 heterocycles. The number of benzene rings is 11. The number of fused-ring (bicyclic) bond motifs is 6. The Bertz CT molecular complexity index is 3430. The molecule has 0 spiro atoms. The van der Waals surface area contributed by atoms with Crippen molar-refractivity contribution in [1.82, 2.24) is 0 Å². The van der Waals surface area contributed by atoms with Crippen molar-refractivity contribution < 1.29 is 0 Å². The molecule has 0 heteroatoms. The molecule has 0 saturated carbocycles. The minimum absolute atomic E-state index is 1.25. The molecule has 0 N–H and O–H groups in total. The lowest BCUT2D eigenvalue weighted by Crippen LogP contribution is -1.98. The summed E-state index contributed by atoms with van der Waals surface area (Å²) in [5.41, 5.74) is 15.5. The van der Waals surface area contributed by atoms with Crippen LogP contribution in [0.25, 0.3) is 109 Å². The van der Waals surface area contributed by atoms with Gasteiger partial charge >= 0.3 is 0 Å². The molecular weight excluding hydrogens is 697 g/mol. The molecule has 58 heavy (non-hydrogen) atoms. The quantitative estimate of drug-likeness (QED) is 0.158. The van der Waals surface area contributed by atoms with Crippen molar-refractivity contribution in [2.75, 3.05) is 0 Å². The lowest BCUT2D eigenvalue weighted by Gasteiger charge is -2.24. The largest absolute Gasteiger partial charge is 0.0616 e. The molecule has 0 atom stereocenters. The summed E-state index contributed by atoms with van der Waals surface area (Å²) in [4.78, 5) is 0. The van der Waals surface area contributed by atoms with Gasteiger partial charge in [0.05, 0.1) is 0 Å². The zero-order valence-corrected chi connectivity index (χ0v) is 33.3. The van der Waals surface area contributed by atoms with Gasteiger partial charge in [-0.3, -0.25) is 0 Å². The van der Waals surface area contributed by atoms with E-state index in [-0.39, 0.29) is 0 Å². The molecule has 274 valence electrons. The second-order valence-electron chi connectivity index (χ2n) is 16.2. The Balaban J connectivity index is 1.23. The second kappa shape index (κ2) is 13.3. The van der Waals surface area contributed by atoms with Crippen LogP contribution in [-0.2, 0) is 0 Å². The van der Waals surface area contributed by atoms with Gasteiger partial charge in [0.25, 0.3) is 0 Å². The van der Waals surface area contributed by atoms with E-state index >= 15 is 0 Å². The van der Waals surface area contributed by atoms with Crippen molar-refractivity contribution >= 4 is 64.6 Å². The minimum Gasteiger partial charge on any atom is -0.0616 e. The number of hydrogen-bond donors (Lipinski definition) is 0. The topological polar surface area (TPSA) is 0 Å². The van der Waals surface area contributed by atoms with Crippen LogP contribution in [0.3, 0.4) is 0 Å². The van der Waals surface area contributed by atoms with Crippen LogP contribution in [0.1, 0.15) is 22.3 Å². The summed E-state index contributed by atoms with van der Waals surface area (Å²) in [6, 6.07) is 67.9. The van der Waals surface area contributed by atoms with Crippen LogP contribution < -0.4 is 0 Å². The van der Waals surface area contributed by atoms with E-state index in [9.17, 15) is 0 Å². The number of hydrogen-bond acceptors (Lipinski definition) is 0. The van der Waals surface area contributed by atoms with Crippen molar-refractivity contribution in [2.24, 2.45) is 0 Å². The van der Waals surface area contributed by atoms with E-state index in [2.05, 4.69) is 210 Å². The first kappa shape index (κ1) is 34.2. The summed E-state index contributed by atoms with van der Waals surface area (Å²) in [5.74, 6) is 0. The predicted molar refractivity (Wildman–Crippen MR) is 252 cm³/mol. The lowest BCUT2D eigenvalue weighted by atomic mass is 9.79. The van der Waals surface area contributed by atoms with Gasteiger partial charge in [0.2, 0.25) is 0 Å². The van der Waals surface area contributed by atoms with Crippen LogP contribution in [0.15, 0.2) is 182 Å². The van der Waals surface area contributed by atoms with Crippen LogP contribution in [0.5, 0.6) is 0 Å². The molecular formula is C58H42. The highest BCUT2D eigenvalue weighted by Gasteiger charge is 2.24. The maximum atomic E-state index is 2.45. The third kappa shape index (κ3) is 5.15. The molecule has 0 saturated heterocycles. The zero-order valence-electron chi connectivity index (χ0n) is 33.3. The maximum absolute atomic E-state index is 2.45. The van der Waals surface area contributed by atoms with Gasteiger partial charge in [-0.15, -0.1) is 0 Å². The third-order valence-corrected chi connectivity index (χ3v) is 12.7. The highest BCUT2D eigenvalue weighted by molar-refractivity contribution is 6.27. The summed E-state index contributed by atoms with van der Waals surface area (Å²) in [7, 11) is 0. The van der Waals surface area contributed by atoms with Crippen molar-refractivity contribution in [3.63, 3.8) is 0 Å². The summed E-state index contributed by atoms with van der Waals surface area (Å²) in [6.07, 6.45) is 0. The highest BCUT2D eigenvalue weighted by atomic mass is 14.3.